The molecule has 2 aliphatic rings. The Morgan fingerprint density at radius 2 is 1.57 bits per heavy atom. The quantitative estimate of drug-likeness (QED) is 0.689. The van der Waals surface area contributed by atoms with Gasteiger partial charge in [0, 0.05) is 25.3 Å². The topological polar surface area (TPSA) is 49.3 Å². The molecule has 1 aromatic heterocycles. The van der Waals surface area contributed by atoms with Gasteiger partial charge in [-0.15, -0.1) is 10.2 Å². The molecule has 0 N–H and O–H groups in total. The summed E-state index contributed by atoms with van der Waals surface area (Å²) in [6, 6.07) is 20.5. The van der Waals surface area contributed by atoms with Gasteiger partial charge in [0.15, 0.2) is 11.5 Å². The lowest BCUT2D eigenvalue weighted by Gasteiger charge is -2.30. The molecule has 0 radical (unpaired) electrons. The smallest absolute Gasteiger partial charge is 0.274 e. The molecule has 28 heavy (non-hydrogen) atoms. The van der Waals surface area contributed by atoms with E-state index in [0.717, 1.165) is 38.2 Å². The molecule has 0 bridgehead atoms. The van der Waals surface area contributed by atoms with Crippen LogP contribution in [0.4, 0.5) is 11.5 Å². The van der Waals surface area contributed by atoms with Crippen molar-refractivity contribution in [2.45, 2.75) is 25.8 Å². The fourth-order valence-corrected chi connectivity index (χ4v) is 4.19. The molecule has 1 amide bonds. The van der Waals surface area contributed by atoms with Gasteiger partial charge in [0.2, 0.25) is 0 Å². The van der Waals surface area contributed by atoms with Gasteiger partial charge in [-0.3, -0.25) is 4.79 Å². The molecule has 0 saturated heterocycles. The number of rotatable bonds is 2. The van der Waals surface area contributed by atoms with Gasteiger partial charge >= 0.3 is 0 Å². The lowest BCUT2D eigenvalue weighted by atomic mass is 10.00. The van der Waals surface area contributed by atoms with Crippen molar-refractivity contribution >= 4 is 17.4 Å². The summed E-state index contributed by atoms with van der Waals surface area (Å²) >= 11 is 0. The second-order valence-corrected chi connectivity index (χ2v) is 7.41. The zero-order valence-electron chi connectivity index (χ0n) is 15.7. The summed E-state index contributed by atoms with van der Waals surface area (Å²) in [5, 5.41) is 8.66. The Morgan fingerprint density at radius 3 is 2.39 bits per heavy atom. The van der Waals surface area contributed by atoms with E-state index in [1.807, 2.05) is 23.1 Å². The Bertz CT molecular complexity index is 1020. The third kappa shape index (κ3) is 3.03. The van der Waals surface area contributed by atoms with E-state index in [2.05, 4.69) is 57.6 Å². The van der Waals surface area contributed by atoms with Crippen LogP contribution in [0, 0.1) is 0 Å². The zero-order valence-corrected chi connectivity index (χ0v) is 15.7. The first-order chi connectivity index (χ1) is 13.8. The standard InChI is InChI=1S/C23H22N4O/c28-23(26-15-13-17-6-1-2-8-19(17)16-26)20-11-12-22(25-24-20)27-14-5-9-18-7-3-4-10-21(18)27/h1-4,6-8,10-12H,5,9,13-16H2. The maximum Gasteiger partial charge on any atom is 0.274 e. The number of nitrogens with zero attached hydrogens (tertiary/aromatic N) is 4. The van der Waals surface area contributed by atoms with Crippen molar-refractivity contribution in [1.29, 1.82) is 0 Å². The van der Waals surface area contributed by atoms with Crippen molar-refractivity contribution in [2.24, 2.45) is 0 Å². The molecule has 5 heteroatoms. The minimum atomic E-state index is -0.0485. The first kappa shape index (κ1) is 16.9. The predicted molar refractivity (Wildman–Crippen MR) is 109 cm³/mol. The Balaban J connectivity index is 1.36. The lowest BCUT2D eigenvalue weighted by molar-refractivity contribution is 0.0727. The van der Waals surface area contributed by atoms with Crippen molar-refractivity contribution in [2.75, 3.05) is 18.0 Å². The molecule has 0 unspecified atom stereocenters. The van der Waals surface area contributed by atoms with Gasteiger partial charge in [0.1, 0.15) is 0 Å². The van der Waals surface area contributed by atoms with Crippen LogP contribution in [0.25, 0.3) is 0 Å². The number of para-hydroxylation sites is 1. The minimum absolute atomic E-state index is 0.0485. The van der Waals surface area contributed by atoms with E-state index in [9.17, 15) is 4.79 Å². The molecule has 5 nitrogen and oxygen atoms in total. The van der Waals surface area contributed by atoms with Crippen molar-refractivity contribution in [1.82, 2.24) is 15.1 Å². The molecule has 0 aliphatic carbocycles. The van der Waals surface area contributed by atoms with Gasteiger partial charge in [-0.2, -0.15) is 0 Å². The normalized spacial score (nSPS) is 15.7. The van der Waals surface area contributed by atoms with Crippen LogP contribution in [0.2, 0.25) is 0 Å². The number of anilines is 2. The number of aromatic nitrogens is 2. The second-order valence-electron chi connectivity index (χ2n) is 7.41. The van der Waals surface area contributed by atoms with Gasteiger partial charge in [-0.1, -0.05) is 42.5 Å². The van der Waals surface area contributed by atoms with E-state index >= 15 is 0 Å². The summed E-state index contributed by atoms with van der Waals surface area (Å²) in [7, 11) is 0. The summed E-state index contributed by atoms with van der Waals surface area (Å²) in [4.78, 5) is 17.0. The largest absolute Gasteiger partial charge is 0.333 e. The number of hydrogen-bond acceptors (Lipinski definition) is 4. The number of fused-ring (bicyclic) bond motifs is 2. The van der Waals surface area contributed by atoms with Gasteiger partial charge < -0.3 is 9.80 Å². The number of hydrogen-bond donors (Lipinski definition) is 0. The molecular formula is C23H22N4O. The molecule has 5 rings (SSSR count). The molecule has 0 fully saturated rings. The van der Waals surface area contributed by atoms with Crippen molar-refractivity contribution < 1.29 is 4.79 Å². The van der Waals surface area contributed by atoms with Crippen LogP contribution >= 0.6 is 0 Å². The van der Waals surface area contributed by atoms with Crippen molar-refractivity contribution in [3.05, 3.63) is 83.0 Å². The van der Waals surface area contributed by atoms with E-state index in [0.29, 0.717) is 12.2 Å². The number of carbonyl (C=O) groups is 1. The third-order valence-corrected chi connectivity index (χ3v) is 5.67. The highest BCUT2D eigenvalue weighted by atomic mass is 16.2. The van der Waals surface area contributed by atoms with Crippen LogP contribution in [0.1, 0.15) is 33.6 Å². The molecule has 0 saturated carbocycles. The Hall–Kier alpha value is -3.21. The number of aryl methyl sites for hydroxylation is 1. The SMILES string of the molecule is O=C(c1ccc(N2CCCc3ccccc32)nn1)N1CCc2ccccc2C1. The molecule has 140 valence electrons. The molecule has 0 spiro atoms. The van der Waals surface area contributed by atoms with Crippen LogP contribution in [-0.4, -0.2) is 34.1 Å². The monoisotopic (exact) mass is 370 g/mol. The summed E-state index contributed by atoms with van der Waals surface area (Å²) in [6.45, 7) is 2.28. The maximum atomic E-state index is 12.9. The number of benzene rings is 2. The average Bonchev–Trinajstić information content (AvgIpc) is 2.78. The molecule has 0 atom stereocenters. The number of amides is 1. The van der Waals surface area contributed by atoms with Crippen LogP contribution in [0.5, 0.6) is 0 Å². The van der Waals surface area contributed by atoms with E-state index in [4.69, 9.17) is 0 Å². The number of carbonyl (C=O) groups excluding carboxylic acids is 1. The summed E-state index contributed by atoms with van der Waals surface area (Å²) < 4.78 is 0. The van der Waals surface area contributed by atoms with Crippen LogP contribution in [0.3, 0.4) is 0 Å². The average molecular weight is 370 g/mol. The minimum Gasteiger partial charge on any atom is -0.333 e. The highest BCUT2D eigenvalue weighted by Gasteiger charge is 2.24. The van der Waals surface area contributed by atoms with Gasteiger partial charge in [0.05, 0.1) is 0 Å². The lowest BCUT2D eigenvalue weighted by Crippen LogP contribution is -2.36. The highest BCUT2D eigenvalue weighted by Crippen LogP contribution is 2.31. The van der Waals surface area contributed by atoms with E-state index in [1.165, 1.54) is 22.4 Å². The predicted octanol–water partition coefficient (Wildman–Crippen LogP) is 3.76. The highest BCUT2D eigenvalue weighted by molar-refractivity contribution is 5.92. The van der Waals surface area contributed by atoms with Crippen LogP contribution < -0.4 is 4.90 Å². The molecule has 3 aromatic rings. The molecule has 2 aliphatic heterocycles. The van der Waals surface area contributed by atoms with Gasteiger partial charge in [0.25, 0.3) is 5.91 Å². The van der Waals surface area contributed by atoms with Crippen molar-refractivity contribution in [3.8, 4) is 0 Å². The third-order valence-electron chi connectivity index (χ3n) is 5.67. The van der Waals surface area contributed by atoms with Crippen LogP contribution in [0.15, 0.2) is 60.7 Å². The van der Waals surface area contributed by atoms with Crippen LogP contribution in [-0.2, 0) is 19.4 Å². The fraction of sp³-hybridized carbons (Fsp3) is 0.261. The van der Waals surface area contributed by atoms with Crippen molar-refractivity contribution in [3.63, 3.8) is 0 Å². The molecule has 3 heterocycles. The molecule has 2 aromatic carbocycles. The first-order valence-corrected chi connectivity index (χ1v) is 9.85. The van der Waals surface area contributed by atoms with E-state index < -0.39 is 0 Å². The maximum absolute atomic E-state index is 12.9. The summed E-state index contributed by atoms with van der Waals surface area (Å²) in [5.41, 5.74) is 5.49. The first-order valence-electron chi connectivity index (χ1n) is 9.85. The van der Waals surface area contributed by atoms with E-state index in [-0.39, 0.29) is 5.91 Å². The van der Waals surface area contributed by atoms with Gasteiger partial charge in [-0.05, 0) is 54.2 Å². The van der Waals surface area contributed by atoms with E-state index in [1.54, 1.807) is 0 Å². The summed E-state index contributed by atoms with van der Waals surface area (Å²) in [6.07, 6.45) is 3.07. The molecular weight excluding hydrogens is 348 g/mol. The Labute approximate surface area is 164 Å². The second kappa shape index (κ2) is 7.08. The van der Waals surface area contributed by atoms with Gasteiger partial charge in [-0.25, -0.2) is 0 Å². The zero-order chi connectivity index (χ0) is 18.9. The Morgan fingerprint density at radius 1 is 0.786 bits per heavy atom. The fourth-order valence-electron chi connectivity index (χ4n) is 4.19. The summed E-state index contributed by atoms with van der Waals surface area (Å²) in [5.74, 6) is 0.750. The Kier molecular flexibility index (Phi) is 4.28.